The fourth-order valence-corrected chi connectivity index (χ4v) is 1.05. The predicted molar refractivity (Wildman–Crippen MR) is 50.5 cm³/mol. The molecular weight excluding hydrogens is 168 g/mol. The van der Waals surface area contributed by atoms with Crippen molar-refractivity contribution in [3.05, 3.63) is 12.2 Å². The van der Waals surface area contributed by atoms with Gasteiger partial charge in [0.25, 0.3) is 0 Å². The van der Waals surface area contributed by atoms with E-state index in [1.165, 1.54) is 0 Å². The zero-order valence-electron chi connectivity index (χ0n) is 7.84. The van der Waals surface area contributed by atoms with Gasteiger partial charge in [-0.2, -0.15) is 5.53 Å². The second-order valence-corrected chi connectivity index (χ2v) is 2.83. The fraction of sp³-hybridized carbons (Fsp3) is 0.625. The minimum absolute atomic E-state index is 0.0364. The molecule has 1 aliphatic heterocycles. The maximum Gasteiger partial charge on any atom is 0.235 e. The average Bonchev–Trinajstić information content (AvgIpc) is 2.57. The molecule has 0 unspecified atom stereocenters. The van der Waals surface area contributed by atoms with E-state index >= 15 is 0 Å². The summed E-state index contributed by atoms with van der Waals surface area (Å²) in [5.41, 5.74) is 5.81. The molecule has 0 aromatic rings. The van der Waals surface area contributed by atoms with Crippen molar-refractivity contribution >= 4 is 5.91 Å². The van der Waals surface area contributed by atoms with Crippen LogP contribution in [-0.4, -0.2) is 37.1 Å². The van der Waals surface area contributed by atoms with E-state index in [-0.39, 0.29) is 5.91 Å². The summed E-state index contributed by atoms with van der Waals surface area (Å²) in [6.45, 7) is 4.67. The first kappa shape index (κ1) is 10.2. The monoisotopic (exact) mass is 184 g/mol. The molecule has 1 saturated heterocycles. The molecule has 1 aliphatic rings. The van der Waals surface area contributed by atoms with Gasteiger partial charge in [0.05, 0.1) is 6.54 Å². The average molecular weight is 184 g/mol. The summed E-state index contributed by atoms with van der Waals surface area (Å²) in [7, 11) is 0. The van der Waals surface area contributed by atoms with Gasteiger partial charge in [0.1, 0.15) is 0 Å². The van der Waals surface area contributed by atoms with Gasteiger partial charge in [-0.15, -0.1) is 0 Å². The zero-order chi connectivity index (χ0) is 9.52. The summed E-state index contributed by atoms with van der Waals surface area (Å²) < 4.78 is 0. The third kappa shape index (κ3) is 4.02. The second kappa shape index (κ2) is 5.69. The Bertz CT molecular complexity index is 187. The molecule has 0 aromatic heterocycles. The van der Waals surface area contributed by atoms with Gasteiger partial charge in [-0.1, -0.05) is 12.2 Å². The summed E-state index contributed by atoms with van der Waals surface area (Å²) >= 11 is 0. The van der Waals surface area contributed by atoms with Gasteiger partial charge in [0, 0.05) is 19.6 Å². The predicted octanol–water partition coefficient (Wildman–Crippen LogP) is -0.996. The van der Waals surface area contributed by atoms with Crippen LogP contribution >= 0.6 is 0 Å². The van der Waals surface area contributed by atoms with Crippen molar-refractivity contribution in [2.75, 3.05) is 26.2 Å². The summed E-state index contributed by atoms with van der Waals surface area (Å²) in [6.07, 6.45) is 3.82. The lowest BCUT2D eigenvalue weighted by Gasteiger charge is -2.12. The van der Waals surface area contributed by atoms with E-state index in [1.54, 1.807) is 0 Å². The summed E-state index contributed by atoms with van der Waals surface area (Å²) in [6, 6.07) is 0. The minimum Gasteiger partial charge on any atom is -0.351 e. The number of carbonyl (C=O) groups excluding carboxylic acids is 1. The number of amides is 1. The van der Waals surface area contributed by atoms with Gasteiger partial charge < -0.3 is 5.32 Å². The molecule has 0 saturated carbocycles. The first-order valence-corrected chi connectivity index (χ1v) is 4.44. The number of hydrazine groups is 2. The third-order valence-corrected chi connectivity index (χ3v) is 1.73. The fourth-order valence-electron chi connectivity index (χ4n) is 1.05. The quantitative estimate of drug-likeness (QED) is 0.491. The Balaban J connectivity index is 2.09. The molecule has 5 heteroatoms. The molecule has 1 fully saturated rings. The van der Waals surface area contributed by atoms with E-state index in [1.807, 2.05) is 24.1 Å². The minimum atomic E-state index is 0.0364. The molecule has 3 N–H and O–H groups in total. The van der Waals surface area contributed by atoms with E-state index in [0.717, 1.165) is 13.1 Å². The SMILES string of the molecule is C/C=C/CNC(=O)CN1CCNN1. The number of hydrogen-bond acceptors (Lipinski definition) is 4. The molecule has 1 amide bonds. The summed E-state index contributed by atoms with van der Waals surface area (Å²) in [5, 5.41) is 4.61. The largest absolute Gasteiger partial charge is 0.351 e. The van der Waals surface area contributed by atoms with Crippen LogP contribution in [0.4, 0.5) is 0 Å². The molecular formula is C8H16N4O. The van der Waals surface area contributed by atoms with Gasteiger partial charge in [-0.05, 0) is 6.92 Å². The highest BCUT2D eigenvalue weighted by molar-refractivity contribution is 5.78. The summed E-state index contributed by atoms with van der Waals surface area (Å²) in [4.78, 5) is 11.2. The van der Waals surface area contributed by atoms with Crippen molar-refractivity contribution in [2.45, 2.75) is 6.92 Å². The molecule has 0 aliphatic carbocycles. The van der Waals surface area contributed by atoms with Crippen molar-refractivity contribution in [1.29, 1.82) is 0 Å². The van der Waals surface area contributed by atoms with Gasteiger partial charge in [-0.25, -0.2) is 10.4 Å². The van der Waals surface area contributed by atoms with Crippen LogP contribution < -0.4 is 16.3 Å². The number of rotatable bonds is 4. The maximum atomic E-state index is 11.2. The number of hydrogen-bond donors (Lipinski definition) is 3. The van der Waals surface area contributed by atoms with E-state index < -0.39 is 0 Å². The van der Waals surface area contributed by atoms with Crippen molar-refractivity contribution in [2.24, 2.45) is 0 Å². The highest BCUT2D eigenvalue weighted by Gasteiger charge is 2.12. The van der Waals surface area contributed by atoms with E-state index in [9.17, 15) is 4.79 Å². The van der Waals surface area contributed by atoms with Crippen molar-refractivity contribution < 1.29 is 4.79 Å². The molecule has 0 spiro atoms. The third-order valence-electron chi connectivity index (χ3n) is 1.73. The molecule has 1 rings (SSSR count). The summed E-state index contributed by atoms with van der Waals surface area (Å²) in [5.74, 6) is 0.0364. The number of carbonyl (C=O) groups is 1. The van der Waals surface area contributed by atoms with Crippen LogP contribution in [0.1, 0.15) is 6.92 Å². The normalized spacial score (nSPS) is 18.2. The van der Waals surface area contributed by atoms with E-state index in [2.05, 4.69) is 16.3 Å². The van der Waals surface area contributed by atoms with Gasteiger partial charge >= 0.3 is 0 Å². The lowest BCUT2D eigenvalue weighted by Crippen LogP contribution is -2.43. The molecule has 0 atom stereocenters. The van der Waals surface area contributed by atoms with Crippen molar-refractivity contribution in [1.82, 2.24) is 21.3 Å². The highest BCUT2D eigenvalue weighted by atomic mass is 16.2. The Morgan fingerprint density at radius 2 is 2.54 bits per heavy atom. The van der Waals surface area contributed by atoms with Crippen LogP contribution in [0, 0.1) is 0 Å². The topological polar surface area (TPSA) is 56.4 Å². The van der Waals surface area contributed by atoms with Crippen LogP contribution in [0.5, 0.6) is 0 Å². The van der Waals surface area contributed by atoms with Crippen LogP contribution in [0.3, 0.4) is 0 Å². The lowest BCUT2D eigenvalue weighted by molar-refractivity contribution is -0.122. The standard InChI is InChI=1S/C8H16N4O/c1-2-3-4-9-8(13)7-12-6-5-10-11-12/h2-3,10-11H,4-7H2,1H3,(H,9,13)/b3-2+. The van der Waals surface area contributed by atoms with Crippen LogP contribution in [0.15, 0.2) is 12.2 Å². The lowest BCUT2D eigenvalue weighted by atomic mass is 10.5. The Morgan fingerprint density at radius 1 is 1.69 bits per heavy atom. The molecule has 0 radical (unpaired) electrons. The Morgan fingerprint density at radius 3 is 3.15 bits per heavy atom. The second-order valence-electron chi connectivity index (χ2n) is 2.83. The van der Waals surface area contributed by atoms with Crippen molar-refractivity contribution in [3.63, 3.8) is 0 Å². The first-order valence-electron chi connectivity index (χ1n) is 4.44. The molecule has 74 valence electrons. The van der Waals surface area contributed by atoms with Crippen molar-refractivity contribution in [3.8, 4) is 0 Å². The van der Waals surface area contributed by atoms with E-state index in [0.29, 0.717) is 13.1 Å². The number of allylic oxidation sites excluding steroid dienone is 1. The van der Waals surface area contributed by atoms with Crippen LogP contribution in [0.25, 0.3) is 0 Å². The van der Waals surface area contributed by atoms with Gasteiger partial charge in [-0.3, -0.25) is 4.79 Å². The maximum absolute atomic E-state index is 11.2. The smallest absolute Gasteiger partial charge is 0.235 e. The van der Waals surface area contributed by atoms with Crippen LogP contribution in [0.2, 0.25) is 0 Å². The molecule has 5 nitrogen and oxygen atoms in total. The molecule has 1 heterocycles. The zero-order valence-corrected chi connectivity index (χ0v) is 7.84. The molecule has 0 bridgehead atoms. The number of nitrogens with zero attached hydrogens (tertiary/aromatic N) is 1. The van der Waals surface area contributed by atoms with Crippen LogP contribution in [-0.2, 0) is 4.79 Å². The molecule has 13 heavy (non-hydrogen) atoms. The Labute approximate surface area is 78.1 Å². The number of nitrogens with one attached hydrogen (secondary N) is 3. The van der Waals surface area contributed by atoms with E-state index in [4.69, 9.17) is 0 Å². The Kier molecular flexibility index (Phi) is 4.45. The highest BCUT2D eigenvalue weighted by Crippen LogP contribution is 1.85. The van der Waals surface area contributed by atoms with Gasteiger partial charge in [0.15, 0.2) is 0 Å². The van der Waals surface area contributed by atoms with Gasteiger partial charge in [0.2, 0.25) is 5.91 Å². The Hall–Kier alpha value is -0.910. The first-order chi connectivity index (χ1) is 6.33. The molecule has 0 aromatic carbocycles.